The van der Waals surface area contributed by atoms with Crippen molar-refractivity contribution in [3.05, 3.63) is 30.1 Å². The monoisotopic (exact) mass is 178 g/mol. The van der Waals surface area contributed by atoms with Crippen LogP contribution >= 0.6 is 0 Å². The van der Waals surface area contributed by atoms with Crippen LogP contribution in [0.4, 0.5) is 0 Å². The summed E-state index contributed by atoms with van der Waals surface area (Å²) in [4.78, 5) is 4.00. The van der Waals surface area contributed by atoms with E-state index in [0.717, 1.165) is 6.54 Å². The van der Waals surface area contributed by atoms with E-state index in [1.807, 2.05) is 12.4 Å². The van der Waals surface area contributed by atoms with Gasteiger partial charge in [0.05, 0.1) is 0 Å². The first-order chi connectivity index (χ1) is 6.20. The van der Waals surface area contributed by atoms with Crippen LogP contribution in [0.2, 0.25) is 0 Å². The quantitative estimate of drug-likeness (QED) is 0.765. The summed E-state index contributed by atoms with van der Waals surface area (Å²) in [5, 5.41) is 3.47. The lowest BCUT2D eigenvalue weighted by molar-refractivity contribution is 0.496. The van der Waals surface area contributed by atoms with Gasteiger partial charge in [-0.3, -0.25) is 4.98 Å². The molecule has 0 saturated carbocycles. The van der Waals surface area contributed by atoms with Gasteiger partial charge in [-0.05, 0) is 37.1 Å². The number of aromatic nitrogens is 1. The van der Waals surface area contributed by atoms with Crippen LogP contribution in [0.25, 0.3) is 0 Å². The number of hydrogen-bond acceptors (Lipinski definition) is 2. The van der Waals surface area contributed by atoms with Gasteiger partial charge < -0.3 is 5.32 Å². The number of rotatable bonds is 4. The van der Waals surface area contributed by atoms with Gasteiger partial charge in [0, 0.05) is 18.4 Å². The fraction of sp³-hybridized carbons (Fsp3) is 0.545. The molecule has 0 bridgehead atoms. The highest BCUT2D eigenvalue weighted by atomic mass is 14.9. The smallest absolute Gasteiger partial charge is 0.0293 e. The molecule has 0 radical (unpaired) electrons. The molecule has 0 amide bonds. The summed E-state index contributed by atoms with van der Waals surface area (Å²) in [6, 6.07) is 4.53. The molecule has 0 aromatic carbocycles. The van der Waals surface area contributed by atoms with Gasteiger partial charge in [0.15, 0.2) is 0 Å². The molecule has 0 aliphatic heterocycles. The Balaban J connectivity index is 2.44. The minimum absolute atomic E-state index is 0.422. The Morgan fingerprint density at radius 2 is 1.85 bits per heavy atom. The van der Waals surface area contributed by atoms with Crippen LogP contribution in [0.5, 0.6) is 0 Å². The summed E-state index contributed by atoms with van der Waals surface area (Å²) in [5.74, 6) is 0.698. The van der Waals surface area contributed by atoms with E-state index in [2.05, 4.69) is 43.2 Å². The second kappa shape index (κ2) is 4.97. The molecular weight excluding hydrogens is 160 g/mol. The Labute approximate surface area is 80.4 Å². The zero-order chi connectivity index (χ0) is 9.68. The van der Waals surface area contributed by atoms with Crippen molar-refractivity contribution in [2.24, 2.45) is 5.92 Å². The van der Waals surface area contributed by atoms with Gasteiger partial charge in [0.2, 0.25) is 0 Å². The summed E-state index contributed by atoms with van der Waals surface area (Å²) in [6.07, 6.45) is 3.67. The molecule has 0 aliphatic rings. The molecule has 0 fully saturated rings. The highest BCUT2D eigenvalue weighted by Crippen LogP contribution is 2.10. The average Bonchev–Trinajstić information content (AvgIpc) is 2.15. The molecule has 0 spiro atoms. The Morgan fingerprint density at radius 3 is 2.38 bits per heavy atom. The molecule has 2 heteroatoms. The molecule has 1 atom stereocenters. The fourth-order valence-corrected chi connectivity index (χ4v) is 1.18. The van der Waals surface area contributed by atoms with Gasteiger partial charge in [0.1, 0.15) is 0 Å². The van der Waals surface area contributed by atoms with Gasteiger partial charge in [-0.25, -0.2) is 0 Å². The van der Waals surface area contributed by atoms with E-state index in [9.17, 15) is 0 Å². The van der Waals surface area contributed by atoms with Gasteiger partial charge >= 0.3 is 0 Å². The third kappa shape index (κ3) is 3.55. The largest absolute Gasteiger partial charge is 0.310 e. The van der Waals surface area contributed by atoms with E-state index < -0.39 is 0 Å². The molecule has 72 valence electrons. The van der Waals surface area contributed by atoms with Gasteiger partial charge in [-0.15, -0.1) is 0 Å². The molecule has 13 heavy (non-hydrogen) atoms. The normalized spacial score (nSPS) is 13.2. The molecule has 1 aromatic rings. The summed E-state index contributed by atoms with van der Waals surface area (Å²) in [6.45, 7) is 7.67. The van der Waals surface area contributed by atoms with Crippen molar-refractivity contribution in [1.82, 2.24) is 10.3 Å². The molecule has 2 nitrogen and oxygen atoms in total. The molecular formula is C11H18N2. The molecule has 0 unspecified atom stereocenters. The zero-order valence-corrected chi connectivity index (χ0v) is 8.62. The lowest BCUT2D eigenvalue weighted by Crippen LogP contribution is -2.23. The average molecular weight is 178 g/mol. The lowest BCUT2D eigenvalue weighted by Gasteiger charge is -2.15. The molecule has 1 N–H and O–H groups in total. The van der Waals surface area contributed by atoms with E-state index in [1.54, 1.807) is 0 Å². The first-order valence-electron chi connectivity index (χ1n) is 4.83. The van der Waals surface area contributed by atoms with Crippen LogP contribution in [0.15, 0.2) is 24.5 Å². The van der Waals surface area contributed by atoms with E-state index >= 15 is 0 Å². The predicted molar refractivity (Wildman–Crippen MR) is 55.5 cm³/mol. The number of nitrogens with one attached hydrogen (secondary N) is 1. The first kappa shape index (κ1) is 10.2. The second-order valence-electron chi connectivity index (χ2n) is 3.80. The Morgan fingerprint density at radius 1 is 1.23 bits per heavy atom. The van der Waals surface area contributed by atoms with Gasteiger partial charge in [-0.1, -0.05) is 13.8 Å². The third-order valence-electron chi connectivity index (χ3n) is 2.04. The second-order valence-corrected chi connectivity index (χ2v) is 3.80. The minimum atomic E-state index is 0.422. The van der Waals surface area contributed by atoms with Crippen molar-refractivity contribution < 1.29 is 0 Å². The minimum Gasteiger partial charge on any atom is -0.310 e. The topological polar surface area (TPSA) is 24.9 Å². The van der Waals surface area contributed by atoms with Crippen LogP contribution in [0.3, 0.4) is 0 Å². The summed E-state index contributed by atoms with van der Waals surface area (Å²) >= 11 is 0. The van der Waals surface area contributed by atoms with Gasteiger partial charge in [-0.2, -0.15) is 0 Å². The van der Waals surface area contributed by atoms with Crippen molar-refractivity contribution in [2.75, 3.05) is 6.54 Å². The summed E-state index contributed by atoms with van der Waals surface area (Å²) in [5.41, 5.74) is 1.30. The van der Waals surface area contributed by atoms with E-state index in [0.29, 0.717) is 12.0 Å². The number of nitrogens with zero attached hydrogens (tertiary/aromatic N) is 1. The highest BCUT2D eigenvalue weighted by Gasteiger charge is 2.03. The van der Waals surface area contributed by atoms with Crippen molar-refractivity contribution in [2.45, 2.75) is 26.8 Å². The van der Waals surface area contributed by atoms with Crippen LogP contribution in [-0.4, -0.2) is 11.5 Å². The molecule has 0 aliphatic carbocycles. The van der Waals surface area contributed by atoms with Crippen molar-refractivity contribution in [3.63, 3.8) is 0 Å². The highest BCUT2D eigenvalue weighted by molar-refractivity contribution is 5.13. The lowest BCUT2D eigenvalue weighted by atomic mass is 10.1. The maximum atomic E-state index is 4.00. The van der Waals surface area contributed by atoms with Crippen molar-refractivity contribution in [3.8, 4) is 0 Å². The SMILES string of the molecule is CC(C)CN[C@H](C)c1ccncc1. The maximum Gasteiger partial charge on any atom is 0.0293 e. The van der Waals surface area contributed by atoms with Crippen molar-refractivity contribution >= 4 is 0 Å². The van der Waals surface area contributed by atoms with E-state index in [-0.39, 0.29) is 0 Å². The van der Waals surface area contributed by atoms with Crippen molar-refractivity contribution in [1.29, 1.82) is 0 Å². The maximum absolute atomic E-state index is 4.00. The van der Waals surface area contributed by atoms with Crippen LogP contribution < -0.4 is 5.32 Å². The Bertz CT molecular complexity index is 231. The fourth-order valence-electron chi connectivity index (χ4n) is 1.18. The summed E-state index contributed by atoms with van der Waals surface area (Å²) in [7, 11) is 0. The third-order valence-corrected chi connectivity index (χ3v) is 2.04. The standard InChI is InChI=1S/C11H18N2/c1-9(2)8-13-10(3)11-4-6-12-7-5-11/h4-7,9-10,13H,8H2,1-3H3/t10-/m1/s1. The Hall–Kier alpha value is -0.890. The molecule has 0 saturated heterocycles. The molecule has 1 heterocycles. The zero-order valence-electron chi connectivity index (χ0n) is 8.62. The van der Waals surface area contributed by atoms with Crippen LogP contribution in [0.1, 0.15) is 32.4 Å². The molecule has 1 aromatic heterocycles. The van der Waals surface area contributed by atoms with Crippen LogP contribution in [-0.2, 0) is 0 Å². The number of hydrogen-bond donors (Lipinski definition) is 1. The summed E-state index contributed by atoms with van der Waals surface area (Å²) < 4.78 is 0. The number of pyridine rings is 1. The van der Waals surface area contributed by atoms with Gasteiger partial charge in [0.25, 0.3) is 0 Å². The Kier molecular flexibility index (Phi) is 3.90. The predicted octanol–water partition coefficient (Wildman–Crippen LogP) is 2.39. The van der Waals surface area contributed by atoms with Crippen LogP contribution in [0, 0.1) is 5.92 Å². The van der Waals surface area contributed by atoms with E-state index in [4.69, 9.17) is 0 Å². The first-order valence-corrected chi connectivity index (χ1v) is 4.83. The van der Waals surface area contributed by atoms with E-state index in [1.165, 1.54) is 5.56 Å². The molecule has 1 rings (SSSR count).